The van der Waals surface area contributed by atoms with Gasteiger partial charge in [0, 0.05) is 31.0 Å². The molecule has 2 aromatic heterocycles. The van der Waals surface area contributed by atoms with Crippen molar-refractivity contribution >= 4 is 16.7 Å². The highest BCUT2D eigenvalue weighted by molar-refractivity contribution is 6.01. The zero-order valence-electron chi connectivity index (χ0n) is 13.3. The molecule has 3 aromatic rings. The summed E-state index contributed by atoms with van der Waals surface area (Å²) in [6.07, 6.45) is 7.22. The minimum Gasteiger partial charge on any atom is -0.355 e. The molecule has 0 saturated carbocycles. The van der Waals surface area contributed by atoms with Crippen LogP contribution in [0.5, 0.6) is 0 Å². The minimum atomic E-state index is 0.0642. The van der Waals surface area contributed by atoms with Gasteiger partial charge in [0.05, 0.1) is 22.9 Å². The van der Waals surface area contributed by atoms with Crippen LogP contribution >= 0.6 is 0 Å². The molecule has 5 heteroatoms. The Hall–Kier alpha value is -3.00. The van der Waals surface area contributed by atoms with E-state index >= 15 is 0 Å². The molecule has 1 aromatic carbocycles. The normalized spacial score (nSPS) is 17.6. The zero-order valence-corrected chi connectivity index (χ0v) is 13.3. The van der Waals surface area contributed by atoms with Crippen LogP contribution in [-0.2, 0) is 0 Å². The fourth-order valence-electron chi connectivity index (χ4n) is 3.37. The Morgan fingerprint density at radius 1 is 1.17 bits per heavy atom. The number of nitriles is 1. The van der Waals surface area contributed by atoms with Crippen LogP contribution in [0, 0.1) is 17.2 Å². The number of anilines is 1. The van der Waals surface area contributed by atoms with Gasteiger partial charge in [0.2, 0.25) is 0 Å². The van der Waals surface area contributed by atoms with Crippen molar-refractivity contribution in [2.24, 2.45) is 5.92 Å². The maximum Gasteiger partial charge on any atom is 0.140 e. The maximum absolute atomic E-state index is 9.28. The van der Waals surface area contributed by atoms with Crippen molar-refractivity contribution in [3.05, 3.63) is 49.1 Å². The molecule has 1 fully saturated rings. The number of pyridine rings is 1. The number of hydrogen-bond acceptors (Lipinski definition) is 5. The van der Waals surface area contributed by atoms with Crippen molar-refractivity contribution in [1.82, 2.24) is 15.0 Å². The lowest BCUT2D eigenvalue weighted by molar-refractivity contribution is 0.491. The number of aromatic nitrogens is 3. The van der Waals surface area contributed by atoms with Crippen LogP contribution in [0.2, 0.25) is 0 Å². The summed E-state index contributed by atoms with van der Waals surface area (Å²) in [6.45, 7) is 1.65. The third-order valence-electron chi connectivity index (χ3n) is 4.52. The van der Waals surface area contributed by atoms with Crippen molar-refractivity contribution in [1.29, 1.82) is 5.26 Å². The van der Waals surface area contributed by atoms with Gasteiger partial charge < -0.3 is 4.90 Å². The Labute approximate surface area is 140 Å². The molecule has 3 heterocycles. The fourth-order valence-corrected chi connectivity index (χ4v) is 3.37. The highest BCUT2D eigenvalue weighted by atomic mass is 15.2. The molecule has 0 aliphatic carbocycles. The lowest BCUT2D eigenvalue weighted by Gasteiger charge is -2.31. The Kier molecular flexibility index (Phi) is 3.80. The quantitative estimate of drug-likeness (QED) is 0.725. The van der Waals surface area contributed by atoms with Crippen LogP contribution in [0.25, 0.3) is 22.0 Å². The second kappa shape index (κ2) is 6.25. The summed E-state index contributed by atoms with van der Waals surface area (Å²) < 4.78 is 0. The van der Waals surface area contributed by atoms with E-state index < -0.39 is 0 Å². The number of rotatable bonds is 2. The molecule has 0 spiro atoms. The van der Waals surface area contributed by atoms with E-state index in [1.165, 1.54) is 0 Å². The van der Waals surface area contributed by atoms with Gasteiger partial charge in [-0.2, -0.15) is 5.26 Å². The first-order chi connectivity index (χ1) is 11.9. The van der Waals surface area contributed by atoms with Gasteiger partial charge in [-0.05, 0) is 30.5 Å². The fraction of sp³-hybridized carbons (Fsp3) is 0.263. The number of hydrogen-bond donors (Lipinski definition) is 0. The second-order valence-electron chi connectivity index (χ2n) is 6.05. The molecule has 0 amide bonds. The van der Waals surface area contributed by atoms with Gasteiger partial charge in [0.25, 0.3) is 0 Å². The largest absolute Gasteiger partial charge is 0.355 e. The Bertz CT molecular complexity index is 895. The molecule has 1 saturated heterocycles. The minimum absolute atomic E-state index is 0.0642. The second-order valence-corrected chi connectivity index (χ2v) is 6.05. The third kappa shape index (κ3) is 2.56. The summed E-state index contributed by atoms with van der Waals surface area (Å²) in [7, 11) is 0. The lowest BCUT2D eigenvalue weighted by atomic mass is 9.98. The van der Waals surface area contributed by atoms with E-state index in [1.807, 2.05) is 30.5 Å². The highest BCUT2D eigenvalue weighted by Crippen LogP contribution is 2.34. The average Bonchev–Trinajstić information content (AvgIpc) is 2.68. The van der Waals surface area contributed by atoms with E-state index in [-0.39, 0.29) is 5.92 Å². The molecule has 1 atom stereocenters. The van der Waals surface area contributed by atoms with Crippen molar-refractivity contribution in [3.63, 3.8) is 0 Å². The number of benzene rings is 1. The molecular formula is C19H17N5. The summed E-state index contributed by atoms with van der Waals surface area (Å²) in [5, 5.41) is 10.3. The van der Waals surface area contributed by atoms with Crippen LogP contribution in [0.4, 0.5) is 5.82 Å². The van der Waals surface area contributed by atoms with E-state index in [9.17, 15) is 5.26 Å². The predicted octanol–water partition coefficient (Wildman–Crippen LogP) is 3.43. The molecule has 24 heavy (non-hydrogen) atoms. The summed E-state index contributed by atoms with van der Waals surface area (Å²) in [4.78, 5) is 15.5. The number of nitrogens with zero attached hydrogens (tertiary/aromatic N) is 5. The van der Waals surface area contributed by atoms with E-state index in [1.54, 1.807) is 12.5 Å². The Morgan fingerprint density at radius 2 is 2.12 bits per heavy atom. The van der Waals surface area contributed by atoms with E-state index in [0.29, 0.717) is 0 Å². The molecule has 118 valence electrons. The average molecular weight is 315 g/mol. The van der Waals surface area contributed by atoms with Gasteiger partial charge in [-0.1, -0.05) is 18.2 Å². The molecule has 0 bridgehead atoms. The smallest absolute Gasteiger partial charge is 0.140 e. The summed E-state index contributed by atoms with van der Waals surface area (Å²) >= 11 is 0. The first kappa shape index (κ1) is 14.6. The van der Waals surface area contributed by atoms with Crippen LogP contribution < -0.4 is 4.90 Å². The van der Waals surface area contributed by atoms with Crippen molar-refractivity contribution in [2.45, 2.75) is 12.8 Å². The first-order valence-electron chi connectivity index (χ1n) is 8.15. The van der Waals surface area contributed by atoms with Crippen molar-refractivity contribution in [3.8, 4) is 17.2 Å². The number of piperidine rings is 1. The van der Waals surface area contributed by atoms with Crippen molar-refractivity contribution in [2.75, 3.05) is 18.0 Å². The molecule has 1 aliphatic rings. The lowest BCUT2D eigenvalue weighted by Crippen LogP contribution is -2.35. The van der Waals surface area contributed by atoms with Gasteiger partial charge in [-0.3, -0.25) is 4.98 Å². The van der Waals surface area contributed by atoms with Crippen molar-refractivity contribution < 1.29 is 0 Å². The molecule has 0 N–H and O–H groups in total. The van der Waals surface area contributed by atoms with Crippen LogP contribution in [0.1, 0.15) is 12.8 Å². The molecule has 4 rings (SSSR count). The van der Waals surface area contributed by atoms with E-state index in [4.69, 9.17) is 0 Å². The maximum atomic E-state index is 9.28. The molecule has 1 aliphatic heterocycles. The number of fused-ring (bicyclic) bond motifs is 1. The SMILES string of the molecule is N#CC1CCCN(c2ncnc3cccc(-c4cccnc4)c23)C1. The monoisotopic (exact) mass is 315 g/mol. The Morgan fingerprint density at radius 3 is 2.96 bits per heavy atom. The summed E-state index contributed by atoms with van der Waals surface area (Å²) in [5.74, 6) is 0.980. The molecule has 0 radical (unpaired) electrons. The zero-order chi connectivity index (χ0) is 16.4. The Balaban J connectivity index is 1.89. The topological polar surface area (TPSA) is 65.7 Å². The van der Waals surface area contributed by atoms with Crippen LogP contribution in [0.15, 0.2) is 49.1 Å². The predicted molar refractivity (Wildman–Crippen MR) is 93.3 cm³/mol. The van der Waals surface area contributed by atoms with Gasteiger partial charge in [0.1, 0.15) is 12.1 Å². The van der Waals surface area contributed by atoms with Crippen LogP contribution in [-0.4, -0.2) is 28.0 Å². The van der Waals surface area contributed by atoms with Gasteiger partial charge in [-0.25, -0.2) is 9.97 Å². The first-order valence-corrected chi connectivity index (χ1v) is 8.15. The third-order valence-corrected chi connectivity index (χ3v) is 4.52. The van der Waals surface area contributed by atoms with E-state index in [0.717, 1.165) is 53.8 Å². The van der Waals surface area contributed by atoms with Gasteiger partial charge >= 0.3 is 0 Å². The summed E-state index contributed by atoms with van der Waals surface area (Å²) in [5.41, 5.74) is 3.05. The van der Waals surface area contributed by atoms with Gasteiger partial charge in [0.15, 0.2) is 0 Å². The molecular weight excluding hydrogens is 298 g/mol. The highest BCUT2D eigenvalue weighted by Gasteiger charge is 2.23. The summed E-state index contributed by atoms with van der Waals surface area (Å²) in [6, 6.07) is 12.5. The molecule has 1 unspecified atom stereocenters. The van der Waals surface area contributed by atoms with Crippen LogP contribution in [0.3, 0.4) is 0 Å². The van der Waals surface area contributed by atoms with E-state index in [2.05, 4.69) is 32.0 Å². The standard InChI is InChI=1S/C19H17N5/c20-10-14-4-3-9-24(12-14)19-18-16(15-5-2-8-21-11-15)6-1-7-17(18)22-13-23-19/h1-2,5-8,11,13-14H,3-4,9,12H2. The molecule has 5 nitrogen and oxygen atoms in total. The van der Waals surface area contributed by atoms with Gasteiger partial charge in [-0.15, -0.1) is 0 Å².